The van der Waals surface area contributed by atoms with Crippen molar-refractivity contribution in [2.75, 3.05) is 0 Å². The van der Waals surface area contributed by atoms with Crippen LogP contribution in [0.4, 0.5) is 26.3 Å². The van der Waals surface area contributed by atoms with Crippen molar-refractivity contribution >= 4 is 10.9 Å². The molecule has 0 spiro atoms. The summed E-state index contributed by atoms with van der Waals surface area (Å²) in [4.78, 5) is 6.90. The standard InChI is InChI=1S/C19H16F6N4/c20-13-5-15(22)14(21)4-12(13)11-2-1-10(3-16(11)26)29-7-9-6-27-18(19(23,24)25)28-17(9)8-29/h4-8,10-11,16H,1-3,26H2/t10?,11-,16?/m1/s1. The van der Waals surface area contributed by atoms with Gasteiger partial charge in [0.2, 0.25) is 5.82 Å². The molecular formula is C19H16F6N4. The maximum atomic E-state index is 14.1. The lowest BCUT2D eigenvalue weighted by atomic mass is 9.78. The maximum Gasteiger partial charge on any atom is 0.451 e. The average Bonchev–Trinajstić information content (AvgIpc) is 3.07. The van der Waals surface area contributed by atoms with Gasteiger partial charge < -0.3 is 10.3 Å². The van der Waals surface area contributed by atoms with Crippen LogP contribution in [0.3, 0.4) is 0 Å². The van der Waals surface area contributed by atoms with Gasteiger partial charge in [0.15, 0.2) is 11.6 Å². The third-order valence-corrected chi connectivity index (χ3v) is 5.39. The Labute approximate surface area is 161 Å². The molecule has 4 rings (SSSR count). The van der Waals surface area contributed by atoms with Gasteiger partial charge in [-0.3, -0.25) is 0 Å². The highest BCUT2D eigenvalue weighted by Gasteiger charge is 2.35. The molecule has 0 bridgehead atoms. The molecular weight excluding hydrogens is 398 g/mol. The van der Waals surface area contributed by atoms with E-state index in [1.54, 1.807) is 10.8 Å². The zero-order valence-corrected chi connectivity index (χ0v) is 14.9. The van der Waals surface area contributed by atoms with E-state index >= 15 is 0 Å². The molecule has 154 valence electrons. The quantitative estimate of drug-likeness (QED) is 0.488. The molecule has 1 saturated carbocycles. The van der Waals surface area contributed by atoms with E-state index in [1.165, 1.54) is 6.20 Å². The van der Waals surface area contributed by atoms with E-state index in [4.69, 9.17) is 5.73 Å². The van der Waals surface area contributed by atoms with E-state index in [0.29, 0.717) is 30.7 Å². The third kappa shape index (κ3) is 3.68. The van der Waals surface area contributed by atoms with Gasteiger partial charge in [-0.05, 0) is 30.9 Å². The van der Waals surface area contributed by atoms with Crippen LogP contribution in [0.1, 0.15) is 42.6 Å². The van der Waals surface area contributed by atoms with Crippen molar-refractivity contribution in [1.29, 1.82) is 0 Å². The van der Waals surface area contributed by atoms with Crippen molar-refractivity contribution < 1.29 is 26.3 Å². The second-order valence-electron chi connectivity index (χ2n) is 7.26. The number of hydrogen-bond acceptors (Lipinski definition) is 3. The second-order valence-corrected chi connectivity index (χ2v) is 7.26. The van der Waals surface area contributed by atoms with Crippen molar-refractivity contribution in [2.24, 2.45) is 5.73 Å². The summed E-state index contributed by atoms with van der Waals surface area (Å²) in [6.45, 7) is 0. The van der Waals surface area contributed by atoms with E-state index in [9.17, 15) is 26.3 Å². The molecule has 2 unspecified atom stereocenters. The van der Waals surface area contributed by atoms with Gasteiger partial charge >= 0.3 is 6.18 Å². The van der Waals surface area contributed by atoms with E-state index < -0.39 is 41.4 Å². The first-order valence-corrected chi connectivity index (χ1v) is 8.95. The SMILES string of the molecule is NC1CC(n2cc3cnc(C(F)(F)F)nc3c2)CC[C@@H]1c1cc(F)c(F)cc1F. The predicted octanol–water partition coefficient (Wildman–Crippen LogP) is 4.70. The Hall–Kier alpha value is -2.62. The van der Waals surface area contributed by atoms with Crippen molar-refractivity contribution in [1.82, 2.24) is 14.5 Å². The first kappa shape index (κ1) is 19.7. The van der Waals surface area contributed by atoms with Crippen LogP contribution < -0.4 is 5.73 Å². The zero-order chi connectivity index (χ0) is 20.9. The van der Waals surface area contributed by atoms with Gasteiger partial charge in [0.25, 0.3) is 0 Å². The Balaban J connectivity index is 1.56. The highest BCUT2D eigenvalue weighted by Crippen LogP contribution is 2.39. The van der Waals surface area contributed by atoms with Gasteiger partial charge in [-0.2, -0.15) is 13.2 Å². The van der Waals surface area contributed by atoms with Gasteiger partial charge in [0.1, 0.15) is 5.82 Å². The minimum Gasteiger partial charge on any atom is -0.348 e. The van der Waals surface area contributed by atoms with Crippen molar-refractivity contribution in [3.63, 3.8) is 0 Å². The molecule has 10 heteroatoms. The number of benzene rings is 1. The molecule has 4 nitrogen and oxygen atoms in total. The number of aromatic nitrogens is 3. The summed E-state index contributed by atoms with van der Waals surface area (Å²) in [5.74, 6) is -4.93. The van der Waals surface area contributed by atoms with E-state index in [-0.39, 0.29) is 17.1 Å². The minimum absolute atomic E-state index is 0.0354. The summed E-state index contributed by atoms with van der Waals surface area (Å²) >= 11 is 0. The molecule has 1 aliphatic carbocycles. The number of alkyl halides is 3. The summed E-state index contributed by atoms with van der Waals surface area (Å²) in [6.07, 6.45) is 0.978. The summed E-state index contributed by atoms with van der Waals surface area (Å²) < 4.78 is 80.9. The Morgan fingerprint density at radius 2 is 1.72 bits per heavy atom. The lowest BCUT2D eigenvalue weighted by Gasteiger charge is -2.35. The van der Waals surface area contributed by atoms with Gasteiger partial charge in [-0.1, -0.05) is 0 Å². The summed E-state index contributed by atoms with van der Waals surface area (Å²) in [5.41, 5.74) is 6.40. The van der Waals surface area contributed by atoms with Crippen LogP contribution in [0.15, 0.2) is 30.7 Å². The number of hydrogen-bond donors (Lipinski definition) is 1. The Kier molecular flexibility index (Phi) is 4.76. The number of rotatable bonds is 2. The fraction of sp³-hybridized carbons (Fsp3) is 0.368. The largest absolute Gasteiger partial charge is 0.451 e. The molecule has 1 fully saturated rings. The van der Waals surface area contributed by atoms with Crippen LogP contribution in [-0.2, 0) is 6.18 Å². The van der Waals surface area contributed by atoms with E-state index in [1.807, 2.05) is 0 Å². The topological polar surface area (TPSA) is 56.7 Å². The van der Waals surface area contributed by atoms with Gasteiger partial charge in [-0.15, -0.1) is 0 Å². The molecule has 0 radical (unpaired) electrons. The van der Waals surface area contributed by atoms with Crippen LogP contribution >= 0.6 is 0 Å². The van der Waals surface area contributed by atoms with Crippen molar-refractivity contribution in [3.05, 3.63) is 59.6 Å². The van der Waals surface area contributed by atoms with Crippen LogP contribution in [0, 0.1) is 17.5 Å². The smallest absolute Gasteiger partial charge is 0.348 e. The zero-order valence-electron chi connectivity index (χ0n) is 14.9. The summed E-state index contributed by atoms with van der Waals surface area (Å²) in [6, 6.07) is 0.681. The monoisotopic (exact) mass is 414 g/mol. The average molecular weight is 414 g/mol. The Bertz CT molecular complexity index is 1060. The summed E-state index contributed by atoms with van der Waals surface area (Å²) in [5, 5.41) is 0.459. The first-order chi connectivity index (χ1) is 13.6. The first-order valence-electron chi connectivity index (χ1n) is 8.95. The van der Waals surface area contributed by atoms with Crippen molar-refractivity contribution in [3.8, 4) is 0 Å². The number of fused-ring (bicyclic) bond motifs is 1. The van der Waals surface area contributed by atoms with Crippen LogP contribution in [-0.4, -0.2) is 20.6 Å². The summed E-state index contributed by atoms with van der Waals surface area (Å²) in [7, 11) is 0. The van der Waals surface area contributed by atoms with E-state index in [2.05, 4.69) is 9.97 Å². The normalized spacial score (nSPS) is 22.9. The van der Waals surface area contributed by atoms with E-state index in [0.717, 1.165) is 12.3 Å². The number of nitrogens with zero attached hydrogens (tertiary/aromatic N) is 3. The molecule has 2 N–H and O–H groups in total. The highest BCUT2D eigenvalue weighted by atomic mass is 19.4. The lowest BCUT2D eigenvalue weighted by Crippen LogP contribution is -2.36. The molecule has 0 aliphatic heterocycles. The van der Waals surface area contributed by atoms with Gasteiger partial charge in [-0.25, -0.2) is 23.1 Å². The lowest BCUT2D eigenvalue weighted by molar-refractivity contribution is -0.144. The third-order valence-electron chi connectivity index (χ3n) is 5.39. The molecule has 0 amide bonds. The molecule has 3 aromatic rings. The van der Waals surface area contributed by atoms with Gasteiger partial charge in [0.05, 0.1) is 5.52 Å². The minimum atomic E-state index is -4.63. The highest BCUT2D eigenvalue weighted by molar-refractivity contribution is 5.77. The van der Waals surface area contributed by atoms with Crippen LogP contribution in [0.25, 0.3) is 10.9 Å². The molecule has 3 atom stereocenters. The van der Waals surface area contributed by atoms with Gasteiger partial charge in [0, 0.05) is 48.0 Å². The molecule has 0 saturated heterocycles. The number of halogens is 6. The molecule has 2 heterocycles. The Morgan fingerprint density at radius 3 is 2.41 bits per heavy atom. The fourth-order valence-corrected chi connectivity index (χ4v) is 3.95. The Morgan fingerprint density at radius 1 is 1.00 bits per heavy atom. The predicted molar refractivity (Wildman–Crippen MR) is 92.5 cm³/mol. The molecule has 1 aliphatic rings. The van der Waals surface area contributed by atoms with Crippen LogP contribution in [0.5, 0.6) is 0 Å². The number of nitrogens with two attached hydrogens (primary N) is 1. The molecule has 2 aromatic heterocycles. The molecule has 29 heavy (non-hydrogen) atoms. The maximum absolute atomic E-state index is 14.1. The van der Waals surface area contributed by atoms with Crippen LogP contribution in [0.2, 0.25) is 0 Å². The fourth-order valence-electron chi connectivity index (χ4n) is 3.95. The molecule has 1 aromatic carbocycles. The second kappa shape index (κ2) is 7.01. The van der Waals surface area contributed by atoms with Crippen molar-refractivity contribution in [2.45, 2.75) is 43.4 Å².